The third-order valence-electron chi connectivity index (χ3n) is 4.35. The number of benzene rings is 2. The van der Waals surface area contributed by atoms with E-state index in [0.29, 0.717) is 5.69 Å². The number of nitro benzene ring substituents is 1. The summed E-state index contributed by atoms with van der Waals surface area (Å²) in [5, 5.41) is 15.6. The molecule has 0 aliphatic rings. The van der Waals surface area contributed by atoms with Gasteiger partial charge in [-0.1, -0.05) is 6.07 Å². The van der Waals surface area contributed by atoms with Gasteiger partial charge >= 0.3 is 6.03 Å². The first-order chi connectivity index (χ1) is 13.7. The largest absolute Gasteiger partial charge is 0.325 e. The molecule has 3 amide bonds. The molecule has 0 bridgehead atoms. The molecule has 0 atom stereocenters. The smallest absolute Gasteiger partial charge is 0.308 e. The molecule has 0 unspecified atom stereocenters. The van der Waals surface area contributed by atoms with Crippen molar-refractivity contribution in [2.75, 3.05) is 5.32 Å². The van der Waals surface area contributed by atoms with Crippen molar-refractivity contribution in [1.29, 1.82) is 0 Å². The predicted octanol–water partition coefficient (Wildman–Crippen LogP) is 2.27. The Morgan fingerprint density at radius 1 is 1.14 bits per heavy atom. The van der Waals surface area contributed by atoms with Gasteiger partial charge in [0.2, 0.25) is 5.91 Å². The number of aryl methyl sites for hydroxylation is 2. The van der Waals surface area contributed by atoms with Gasteiger partial charge in [-0.05, 0) is 43.2 Å². The van der Waals surface area contributed by atoms with Crippen LogP contribution in [-0.2, 0) is 11.3 Å². The summed E-state index contributed by atoms with van der Waals surface area (Å²) >= 11 is 0. The first-order valence-corrected chi connectivity index (χ1v) is 8.56. The number of carbonyl (C=O) groups is 2. The van der Waals surface area contributed by atoms with Crippen molar-refractivity contribution in [3.63, 3.8) is 0 Å². The van der Waals surface area contributed by atoms with Crippen molar-refractivity contribution in [2.24, 2.45) is 0 Å². The Balaban J connectivity index is 1.70. The van der Waals surface area contributed by atoms with Crippen molar-refractivity contribution in [3.05, 3.63) is 74.3 Å². The number of rotatable bonds is 4. The lowest BCUT2D eigenvalue weighted by molar-refractivity contribution is -0.384. The van der Waals surface area contributed by atoms with Gasteiger partial charge in [-0.3, -0.25) is 29.6 Å². The van der Waals surface area contributed by atoms with Gasteiger partial charge in [-0.15, -0.1) is 0 Å². The summed E-state index contributed by atoms with van der Waals surface area (Å²) in [6.45, 7) is 3.41. The average molecular weight is 395 g/mol. The second-order valence-corrected chi connectivity index (χ2v) is 6.44. The second kappa shape index (κ2) is 7.89. The summed E-state index contributed by atoms with van der Waals surface area (Å²) in [6.07, 6.45) is 1.11. The molecule has 0 saturated heterocycles. The highest BCUT2D eigenvalue weighted by Crippen LogP contribution is 2.16. The molecule has 29 heavy (non-hydrogen) atoms. The predicted molar refractivity (Wildman–Crippen MR) is 106 cm³/mol. The Morgan fingerprint density at radius 3 is 2.59 bits per heavy atom. The first-order valence-electron chi connectivity index (χ1n) is 8.56. The van der Waals surface area contributed by atoms with E-state index in [1.54, 1.807) is 12.1 Å². The standard InChI is InChI=1S/C19H17N5O5/c1-11-3-4-13(7-12(11)2)21-19(27)22-17(25)9-23-10-20-16-8-14(24(28)29)5-6-15(16)18(23)26/h3-8,10H,9H2,1-2H3,(H2,21,22,25,27). The second-order valence-electron chi connectivity index (χ2n) is 6.44. The van der Waals surface area contributed by atoms with Gasteiger partial charge in [0.05, 0.1) is 22.2 Å². The number of non-ortho nitro benzene ring substituents is 1. The Morgan fingerprint density at radius 2 is 1.90 bits per heavy atom. The lowest BCUT2D eigenvalue weighted by atomic mass is 10.1. The van der Waals surface area contributed by atoms with Gasteiger partial charge in [0.15, 0.2) is 0 Å². The van der Waals surface area contributed by atoms with Gasteiger partial charge in [-0.25, -0.2) is 9.78 Å². The fourth-order valence-corrected chi connectivity index (χ4v) is 2.68. The molecule has 0 spiro atoms. The molecular formula is C19H17N5O5. The summed E-state index contributed by atoms with van der Waals surface area (Å²) in [5.74, 6) is -0.712. The zero-order chi connectivity index (χ0) is 21.1. The number of nitro groups is 1. The Hall–Kier alpha value is -4.08. The van der Waals surface area contributed by atoms with Crippen LogP contribution in [0.5, 0.6) is 0 Å². The van der Waals surface area contributed by atoms with Crippen LogP contribution in [0.15, 0.2) is 47.5 Å². The van der Waals surface area contributed by atoms with E-state index in [1.807, 2.05) is 19.9 Å². The minimum Gasteiger partial charge on any atom is -0.308 e. The van der Waals surface area contributed by atoms with E-state index >= 15 is 0 Å². The van der Waals surface area contributed by atoms with Crippen molar-refractivity contribution in [2.45, 2.75) is 20.4 Å². The number of hydrogen-bond donors (Lipinski definition) is 2. The van der Waals surface area contributed by atoms with Crippen molar-refractivity contribution in [3.8, 4) is 0 Å². The molecule has 0 aliphatic carbocycles. The lowest BCUT2D eigenvalue weighted by Gasteiger charge is -2.09. The maximum atomic E-state index is 12.5. The van der Waals surface area contributed by atoms with Crippen molar-refractivity contribution in [1.82, 2.24) is 14.9 Å². The molecule has 1 heterocycles. The number of fused-ring (bicyclic) bond motifs is 1. The highest BCUT2D eigenvalue weighted by atomic mass is 16.6. The van der Waals surface area contributed by atoms with Crippen molar-refractivity contribution < 1.29 is 14.5 Å². The molecule has 0 radical (unpaired) electrons. The molecule has 3 aromatic rings. The molecule has 0 aliphatic heterocycles. The fourth-order valence-electron chi connectivity index (χ4n) is 2.68. The van der Waals surface area contributed by atoms with Gasteiger partial charge in [0.25, 0.3) is 11.2 Å². The number of nitrogens with zero attached hydrogens (tertiary/aromatic N) is 3. The van der Waals surface area contributed by atoms with Crippen LogP contribution in [0, 0.1) is 24.0 Å². The molecule has 3 rings (SSSR count). The fraction of sp³-hybridized carbons (Fsp3) is 0.158. The van der Waals surface area contributed by atoms with E-state index < -0.39 is 29.0 Å². The minimum absolute atomic E-state index is 0.130. The molecule has 2 N–H and O–H groups in total. The summed E-state index contributed by atoms with van der Waals surface area (Å²) in [4.78, 5) is 50.8. The van der Waals surface area contributed by atoms with Crippen LogP contribution in [-0.4, -0.2) is 26.4 Å². The van der Waals surface area contributed by atoms with Crippen LogP contribution in [0.4, 0.5) is 16.2 Å². The normalized spacial score (nSPS) is 10.6. The SMILES string of the molecule is Cc1ccc(NC(=O)NC(=O)Cn2cnc3cc([N+](=O)[O-])ccc3c2=O)cc1C. The zero-order valence-electron chi connectivity index (χ0n) is 15.6. The van der Waals surface area contributed by atoms with E-state index in [4.69, 9.17) is 0 Å². The third-order valence-corrected chi connectivity index (χ3v) is 4.35. The van der Waals surface area contributed by atoms with Gasteiger partial charge in [0, 0.05) is 17.8 Å². The summed E-state index contributed by atoms with van der Waals surface area (Å²) in [7, 11) is 0. The number of carbonyl (C=O) groups excluding carboxylic acids is 2. The number of imide groups is 1. The van der Waals surface area contributed by atoms with Crippen LogP contribution in [0.1, 0.15) is 11.1 Å². The molecule has 10 nitrogen and oxygen atoms in total. The van der Waals surface area contributed by atoms with Gasteiger partial charge in [0.1, 0.15) is 6.54 Å². The topological polar surface area (TPSA) is 136 Å². The lowest BCUT2D eigenvalue weighted by Crippen LogP contribution is -2.38. The van der Waals surface area contributed by atoms with Crippen LogP contribution < -0.4 is 16.2 Å². The van der Waals surface area contributed by atoms with Gasteiger partial charge in [-0.2, -0.15) is 0 Å². The average Bonchev–Trinajstić information content (AvgIpc) is 2.66. The maximum Gasteiger partial charge on any atom is 0.325 e. The van der Waals surface area contributed by atoms with E-state index in [-0.39, 0.29) is 16.6 Å². The molecule has 1 aromatic heterocycles. The molecule has 148 valence electrons. The molecule has 0 saturated carbocycles. The number of nitrogens with one attached hydrogen (secondary N) is 2. The molecular weight excluding hydrogens is 378 g/mol. The number of anilines is 1. The van der Waals surface area contributed by atoms with E-state index in [0.717, 1.165) is 22.0 Å². The summed E-state index contributed by atoms with van der Waals surface area (Å²) < 4.78 is 1.02. The number of urea groups is 1. The van der Waals surface area contributed by atoms with E-state index in [2.05, 4.69) is 15.6 Å². The molecule has 2 aromatic carbocycles. The Kier molecular flexibility index (Phi) is 5.35. The van der Waals surface area contributed by atoms with Crippen LogP contribution >= 0.6 is 0 Å². The van der Waals surface area contributed by atoms with Crippen molar-refractivity contribution >= 4 is 34.2 Å². The molecule has 10 heteroatoms. The summed E-state index contributed by atoms with van der Waals surface area (Å²) in [5.41, 5.74) is 2.00. The third kappa shape index (κ3) is 4.43. The number of amides is 3. The zero-order valence-corrected chi connectivity index (χ0v) is 15.6. The van der Waals surface area contributed by atoms with Crippen LogP contribution in [0.25, 0.3) is 10.9 Å². The monoisotopic (exact) mass is 395 g/mol. The van der Waals surface area contributed by atoms with E-state index in [1.165, 1.54) is 18.2 Å². The summed E-state index contributed by atoms with van der Waals surface area (Å²) in [6, 6.07) is 8.25. The number of hydrogen-bond acceptors (Lipinski definition) is 6. The maximum absolute atomic E-state index is 12.5. The minimum atomic E-state index is -0.726. The first kappa shape index (κ1) is 19.7. The molecule has 0 fully saturated rings. The Labute approximate surface area is 164 Å². The van der Waals surface area contributed by atoms with Crippen LogP contribution in [0.3, 0.4) is 0 Å². The Bertz CT molecular complexity index is 1200. The van der Waals surface area contributed by atoms with E-state index in [9.17, 15) is 24.5 Å². The van der Waals surface area contributed by atoms with Crippen LogP contribution in [0.2, 0.25) is 0 Å². The highest BCUT2D eigenvalue weighted by molar-refractivity contribution is 6.01. The number of aromatic nitrogens is 2. The van der Waals surface area contributed by atoms with Gasteiger partial charge < -0.3 is 5.32 Å². The quantitative estimate of drug-likeness (QED) is 0.514. The highest BCUT2D eigenvalue weighted by Gasteiger charge is 2.14.